The highest BCUT2D eigenvalue weighted by Gasteiger charge is 2.91. The molecule has 0 N–H and O–H groups in total. The van der Waals surface area contributed by atoms with E-state index < -0.39 is 5.79 Å². The topological polar surface area (TPSA) is 44.8 Å². The lowest BCUT2D eigenvalue weighted by molar-refractivity contribution is -0.171. The lowest BCUT2D eigenvalue weighted by atomic mass is 9.95. The molecule has 1 heterocycles. The Morgan fingerprint density at radius 2 is 2.12 bits per heavy atom. The Labute approximate surface area is 101 Å². The zero-order chi connectivity index (χ0) is 12.1. The first-order valence-electron chi connectivity index (χ1n) is 6.51. The molecule has 2 unspecified atom stereocenters. The van der Waals surface area contributed by atoms with Gasteiger partial charge in [0.1, 0.15) is 17.1 Å². The van der Waals surface area contributed by atoms with Crippen LogP contribution in [0.2, 0.25) is 0 Å². The summed E-state index contributed by atoms with van der Waals surface area (Å²) in [5.41, 5.74) is -0.522. The fourth-order valence-corrected chi connectivity index (χ4v) is 4.36. The van der Waals surface area contributed by atoms with E-state index in [1.54, 1.807) is 0 Å². The van der Waals surface area contributed by atoms with Crippen LogP contribution < -0.4 is 0 Å². The normalized spacial score (nSPS) is 55.8. The van der Waals surface area contributed by atoms with Crippen molar-refractivity contribution < 1.29 is 19.0 Å². The third kappa shape index (κ3) is 0.968. The van der Waals surface area contributed by atoms with Crippen LogP contribution in [0.25, 0.3) is 0 Å². The summed E-state index contributed by atoms with van der Waals surface area (Å²) in [6.07, 6.45) is 1.92. The molecule has 3 aliphatic carbocycles. The molecule has 1 aliphatic heterocycles. The Hall–Kier alpha value is -0.610. The van der Waals surface area contributed by atoms with Crippen LogP contribution in [0.3, 0.4) is 0 Å². The first-order valence-corrected chi connectivity index (χ1v) is 6.51. The quantitative estimate of drug-likeness (QED) is 0.683. The monoisotopic (exact) mass is 238 g/mol. The van der Waals surface area contributed by atoms with Crippen molar-refractivity contribution >= 4 is 5.97 Å². The van der Waals surface area contributed by atoms with E-state index >= 15 is 0 Å². The van der Waals surface area contributed by atoms with Crippen molar-refractivity contribution in [3.05, 3.63) is 0 Å². The number of rotatable bonds is 2. The molecule has 0 bridgehead atoms. The average molecular weight is 238 g/mol. The number of hydrogen-bond donors (Lipinski definition) is 0. The molecule has 4 rings (SSSR count). The summed E-state index contributed by atoms with van der Waals surface area (Å²) < 4.78 is 17.3. The van der Waals surface area contributed by atoms with E-state index in [9.17, 15) is 4.79 Å². The molecule has 17 heavy (non-hydrogen) atoms. The van der Waals surface area contributed by atoms with Crippen molar-refractivity contribution in [3.8, 4) is 0 Å². The summed E-state index contributed by atoms with van der Waals surface area (Å²) in [7, 11) is 0. The zero-order valence-corrected chi connectivity index (χ0v) is 10.5. The highest BCUT2D eigenvalue weighted by Crippen LogP contribution is 2.83. The molecule has 4 fully saturated rings. The van der Waals surface area contributed by atoms with Crippen LogP contribution in [0.4, 0.5) is 0 Å². The van der Waals surface area contributed by atoms with Gasteiger partial charge in [-0.15, -0.1) is 0 Å². The van der Waals surface area contributed by atoms with Crippen molar-refractivity contribution in [3.63, 3.8) is 0 Å². The fourth-order valence-electron chi connectivity index (χ4n) is 4.36. The van der Waals surface area contributed by atoms with E-state index in [-0.39, 0.29) is 23.1 Å². The Morgan fingerprint density at radius 3 is 2.82 bits per heavy atom. The second-order valence-corrected chi connectivity index (χ2v) is 6.34. The van der Waals surface area contributed by atoms with E-state index in [1.165, 1.54) is 0 Å². The third-order valence-electron chi connectivity index (χ3n) is 4.96. The summed E-state index contributed by atoms with van der Waals surface area (Å²) in [4.78, 5) is 12.2. The van der Waals surface area contributed by atoms with Gasteiger partial charge >= 0.3 is 5.97 Å². The van der Waals surface area contributed by atoms with Crippen LogP contribution in [-0.2, 0) is 19.0 Å². The molecule has 0 amide bonds. The van der Waals surface area contributed by atoms with Gasteiger partial charge in [0.25, 0.3) is 0 Å². The molecule has 0 aromatic rings. The number of ether oxygens (including phenoxy) is 3. The number of fused-ring (bicyclic) bond motifs is 3. The molecule has 5 atom stereocenters. The lowest BCUT2D eigenvalue weighted by Crippen LogP contribution is -2.38. The summed E-state index contributed by atoms with van der Waals surface area (Å²) >= 11 is 0. The van der Waals surface area contributed by atoms with Gasteiger partial charge in [-0.05, 0) is 45.4 Å². The smallest absolute Gasteiger partial charge is 0.315 e. The van der Waals surface area contributed by atoms with Gasteiger partial charge in [0.05, 0.1) is 6.61 Å². The Balaban J connectivity index is 1.68. The third-order valence-corrected chi connectivity index (χ3v) is 4.96. The molecule has 1 spiro atoms. The van der Waals surface area contributed by atoms with E-state index in [2.05, 4.69) is 0 Å². The summed E-state index contributed by atoms with van der Waals surface area (Å²) in [6, 6.07) is 0. The van der Waals surface area contributed by atoms with Gasteiger partial charge in [0.15, 0.2) is 5.79 Å². The first kappa shape index (κ1) is 10.3. The van der Waals surface area contributed by atoms with Crippen molar-refractivity contribution in [2.45, 2.75) is 51.1 Å². The Morgan fingerprint density at radius 1 is 1.35 bits per heavy atom. The van der Waals surface area contributed by atoms with Gasteiger partial charge in [0, 0.05) is 0 Å². The van der Waals surface area contributed by atoms with Gasteiger partial charge in [-0.25, -0.2) is 0 Å². The molecule has 0 aromatic heterocycles. The van der Waals surface area contributed by atoms with Crippen molar-refractivity contribution in [2.24, 2.45) is 17.3 Å². The lowest BCUT2D eigenvalue weighted by Gasteiger charge is -2.23. The van der Waals surface area contributed by atoms with E-state index in [0.717, 1.165) is 12.8 Å². The van der Waals surface area contributed by atoms with Crippen LogP contribution in [-0.4, -0.2) is 30.1 Å². The Bertz CT molecular complexity index is 418. The second kappa shape index (κ2) is 2.54. The van der Waals surface area contributed by atoms with Gasteiger partial charge < -0.3 is 14.2 Å². The van der Waals surface area contributed by atoms with Crippen molar-refractivity contribution in [1.82, 2.24) is 0 Å². The minimum Gasteiger partial charge on any atom is -0.465 e. The highest BCUT2D eigenvalue weighted by atomic mass is 16.8. The van der Waals surface area contributed by atoms with Crippen molar-refractivity contribution in [1.29, 1.82) is 0 Å². The first-order chi connectivity index (χ1) is 7.96. The molecule has 0 aromatic carbocycles. The maximum Gasteiger partial charge on any atom is 0.315 e. The standard InChI is InChI=1S/C13H18O4/c1-4-15-10(14)12-5-7(12)8-6-13(8)9(12)16-11(2,3)17-13/h7-9H,4-6H2,1-3H3/t7?,8-,9-,12?,13+/m1/s1. The average Bonchev–Trinajstić information content (AvgIpc) is 3.05. The van der Waals surface area contributed by atoms with Gasteiger partial charge in [0.2, 0.25) is 0 Å². The largest absolute Gasteiger partial charge is 0.465 e. The molecular weight excluding hydrogens is 220 g/mol. The van der Waals surface area contributed by atoms with Crippen LogP contribution >= 0.6 is 0 Å². The molecule has 4 nitrogen and oxygen atoms in total. The van der Waals surface area contributed by atoms with Gasteiger partial charge in [-0.3, -0.25) is 4.79 Å². The molecule has 0 radical (unpaired) electrons. The van der Waals surface area contributed by atoms with E-state index in [1.807, 2.05) is 20.8 Å². The fraction of sp³-hybridized carbons (Fsp3) is 0.923. The predicted octanol–water partition coefficient (Wildman–Crippen LogP) is 1.48. The molecule has 4 aliphatic rings. The van der Waals surface area contributed by atoms with Crippen LogP contribution in [0.1, 0.15) is 33.6 Å². The van der Waals surface area contributed by atoms with E-state index in [0.29, 0.717) is 18.4 Å². The predicted molar refractivity (Wildman–Crippen MR) is 58.0 cm³/mol. The maximum atomic E-state index is 12.2. The molecule has 94 valence electrons. The molecule has 4 heteroatoms. The zero-order valence-electron chi connectivity index (χ0n) is 10.5. The van der Waals surface area contributed by atoms with Gasteiger partial charge in [-0.2, -0.15) is 0 Å². The Kier molecular flexibility index (Phi) is 1.55. The number of carbonyl (C=O) groups excluding carboxylic acids is 1. The summed E-state index contributed by atoms with van der Waals surface area (Å²) in [6.45, 7) is 6.17. The van der Waals surface area contributed by atoms with Gasteiger partial charge in [-0.1, -0.05) is 0 Å². The molecular formula is C13H18O4. The van der Waals surface area contributed by atoms with Crippen LogP contribution in [0, 0.1) is 17.3 Å². The minimum atomic E-state index is -0.549. The SMILES string of the molecule is CCOC(=O)C12CC1[C@H]1C[C@]13OC(C)(C)O[C@H]23. The summed E-state index contributed by atoms with van der Waals surface area (Å²) in [5.74, 6) is 0.358. The number of esters is 1. The number of hydrogen-bond acceptors (Lipinski definition) is 4. The van der Waals surface area contributed by atoms with Crippen LogP contribution in [0.5, 0.6) is 0 Å². The summed E-state index contributed by atoms with van der Waals surface area (Å²) in [5, 5.41) is 0. The highest BCUT2D eigenvalue weighted by molar-refractivity contribution is 5.84. The van der Waals surface area contributed by atoms with Crippen molar-refractivity contribution in [2.75, 3.05) is 6.61 Å². The second-order valence-electron chi connectivity index (χ2n) is 6.34. The maximum absolute atomic E-state index is 12.2. The minimum absolute atomic E-state index is 0.0668. The van der Waals surface area contributed by atoms with Crippen LogP contribution in [0.15, 0.2) is 0 Å². The molecule has 1 saturated heterocycles. The number of carbonyl (C=O) groups is 1. The molecule has 3 saturated carbocycles. The van der Waals surface area contributed by atoms with E-state index in [4.69, 9.17) is 14.2 Å².